The molecule has 1 aliphatic heterocycles. The number of hydrogen-bond acceptors (Lipinski definition) is 3. The molecule has 0 aromatic rings. The maximum Gasteiger partial charge on any atom is 0.317 e. The molecule has 6 nitrogen and oxygen atoms in total. The lowest BCUT2D eigenvalue weighted by molar-refractivity contribution is -0.137. The third kappa shape index (κ3) is 4.52. The van der Waals surface area contributed by atoms with Gasteiger partial charge in [-0.1, -0.05) is 0 Å². The van der Waals surface area contributed by atoms with Gasteiger partial charge in [0.05, 0.1) is 6.42 Å². The van der Waals surface area contributed by atoms with Crippen molar-refractivity contribution in [3.8, 4) is 0 Å². The highest BCUT2D eigenvalue weighted by molar-refractivity contribution is 5.76. The summed E-state index contributed by atoms with van der Waals surface area (Å²) in [6, 6.07) is -0.382. The lowest BCUT2D eigenvalue weighted by Crippen LogP contribution is -2.46. The lowest BCUT2D eigenvalue weighted by Gasteiger charge is -2.26. The minimum Gasteiger partial charge on any atom is -0.481 e. The van der Waals surface area contributed by atoms with Gasteiger partial charge in [-0.05, 0) is 32.6 Å². The van der Waals surface area contributed by atoms with Crippen LogP contribution in [0.15, 0.2) is 0 Å². The van der Waals surface area contributed by atoms with Gasteiger partial charge in [-0.25, -0.2) is 4.79 Å². The number of aliphatic carboxylic acids is 1. The molecule has 0 aromatic heterocycles. The summed E-state index contributed by atoms with van der Waals surface area (Å²) in [5.41, 5.74) is 0. The SMILES string of the molecule is CC(CC(=O)O)NC(=O)N1CCCC1CCCO. The number of carboxylic acid groups (broad SMARTS) is 1. The summed E-state index contributed by atoms with van der Waals surface area (Å²) >= 11 is 0. The van der Waals surface area contributed by atoms with Crippen molar-refractivity contribution in [3.63, 3.8) is 0 Å². The summed E-state index contributed by atoms with van der Waals surface area (Å²) in [4.78, 5) is 24.3. The molecule has 18 heavy (non-hydrogen) atoms. The Bertz CT molecular complexity index is 296. The quantitative estimate of drug-likeness (QED) is 0.657. The van der Waals surface area contributed by atoms with Gasteiger partial charge in [0.15, 0.2) is 0 Å². The maximum atomic E-state index is 12.0. The molecule has 6 heteroatoms. The van der Waals surface area contributed by atoms with Crippen molar-refractivity contribution in [1.29, 1.82) is 0 Å². The van der Waals surface area contributed by atoms with Gasteiger partial charge < -0.3 is 20.4 Å². The average molecular weight is 258 g/mol. The van der Waals surface area contributed by atoms with E-state index in [1.165, 1.54) is 0 Å². The summed E-state index contributed by atoms with van der Waals surface area (Å²) in [6.45, 7) is 2.54. The van der Waals surface area contributed by atoms with Crippen LogP contribution < -0.4 is 5.32 Å². The Balaban J connectivity index is 2.42. The van der Waals surface area contributed by atoms with Gasteiger partial charge in [0.1, 0.15) is 0 Å². The second kappa shape index (κ2) is 7.20. The molecule has 2 amide bonds. The fourth-order valence-electron chi connectivity index (χ4n) is 2.34. The van der Waals surface area contributed by atoms with E-state index < -0.39 is 5.97 Å². The average Bonchev–Trinajstić information content (AvgIpc) is 2.72. The number of nitrogens with one attached hydrogen (secondary N) is 1. The highest BCUT2D eigenvalue weighted by atomic mass is 16.4. The molecule has 1 fully saturated rings. The zero-order valence-electron chi connectivity index (χ0n) is 10.8. The number of carbonyl (C=O) groups is 2. The number of rotatable bonds is 6. The predicted molar refractivity (Wildman–Crippen MR) is 66.3 cm³/mol. The Labute approximate surface area is 107 Å². The van der Waals surface area contributed by atoms with Gasteiger partial charge in [-0.3, -0.25) is 4.79 Å². The molecule has 2 atom stereocenters. The topological polar surface area (TPSA) is 89.9 Å². The molecule has 1 saturated heterocycles. The first kappa shape index (κ1) is 14.8. The number of urea groups is 1. The monoisotopic (exact) mass is 258 g/mol. The van der Waals surface area contributed by atoms with Crippen LogP contribution in [0.25, 0.3) is 0 Å². The number of carbonyl (C=O) groups excluding carboxylic acids is 1. The molecule has 1 aliphatic rings. The van der Waals surface area contributed by atoms with Crippen molar-refractivity contribution >= 4 is 12.0 Å². The summed E-state index contributed by atoms with van der Waals surface area (Å²) < 4.78 is 0. The van der Waals surface area contributed by atoms with E-state index >= 15 is 0 Å². The van der Waals surface area contributed by atoms with Crippen molar-refractivity contribution in [2.24, 2.45) is 0 Å². The largest absolute Gasteiger partial charge is 0.481 e. The minimum atomic E-state index is -0.916. The van der Waals surface area contributed by atoms with Crippen molar-refractivity contribution in [3.05, 3.63) is 0 Å². The Morgan fingerprint density at radius 2 is 2.22 bits per heavy atom. The number of hydrogen-bond donors (Lipinski definition) is 3. The van der Waals surface area contributed by atoms with Crippen LogP contribution in [-0.4, -0.2) is 52.3 Å². The normalized spacial score (nSPS) is 20.8. The Hall–Kier alpha value is -1.30. The minimum absolute atomic E-state index is 0.0686. The Kier molecular flexibility index (Phi) is 5.91. The van der Waals surface area contributed by atoms with Gasteiger partial charge in [-0.15, -0.1) is 0 Å². The number of aliphatic hydroxyl groups excluding tert-OH is 1. The summed E-state index contributed by atoms with van der Waals surface area (Å²) in [5, 5.41) is 20.2. The summed E-state index contributed by atoms with van der Waals surface area (Å²) in [5.74, 6) is -0.916. The molecule has 104 valence electrons. The predicted octanol–water partition coefficient (Wildman–Crippen LogP) is 0.796. The van der Waals surface area contributed by atoms with Gasteiger partial charge in [-0.2, -0.15) is 0 Å². The summed E-state index contributed by atoms with van der Waals surface area (Å²) in [6.07, 6.45) is 3.36. The van der Waals surface area contributed by atoms with Crippen LogP contribution in [0, 0.1) is 0 Å². The first-order valence-corrected chi connectivity index (χ1v) is 6.44. The smallest absolute Gasteiger partial charge is 0.317 e. The zero-order chi connectivity index (χ0) is 13.5. The Morgan fingerprint density at radius 1 is 1.50 bits per heavy atom. The van der Waals surface area contributed by atoms with E-state index in [0.29, 0.717) is 13.0 Å². The van der Waals surface area contributed by atoms with Crippen molar-refractivity contribution in [2.75, 3.05) is 13.2 Å². The number of aliphatic hydroxyl groups is 1. The van der Waals surface area contributed by atoms with E-state index in [-0.39, 0.29) is 31.1 Å². The fraction of sp³-hybridized carbons (Fsp3) is 0.833. The van der Waals surface area contributed by atoms with E-state index in [0.717, 1.165) is 19.3 Å². The third-order valence-electron chi connectivity index (χ3n) is 3.18. The van der Waals surface area contributed by atoms with Crippen LogP contribution in [0.5, 0.6) is 0 Å². The van der Waals surface area contributed by atoms with Gasteiger partial charge in [0, 0.05) is 25.2 Å². The zero-order valence-corrected chi connectivity index (χ0v) is 10.8. The molecule has 0 saturated carbocycles. The van der Waals surface area contributed by atoms with Crippen LogP contribution in [0.1, 0.15) is 39.0 Å². The maximum absolute atomic E-state index is 12.0. The van der Waals surface area contributed by atoms with E-state index in [1.807, 2.05) is 0 Å². The molecular formula is C12H22N2O4. The molecule has 0 aromatic carbocycles. The van der Waals surface area contributed by atoms with Crippen LogP contribution in [0.2, 0.25) is 0 Å². The first-order chi connectivity index (χ1) is 8.54. The van der Waals surface area contributed by atoms with Gasteiger partial charge in [0.25, 0.3) is 0 Å². The molecule has 2 unspecified atom stereocenters. The molecule has 1 rings (SSSR count). The fourth-order valence-corrected chi connectivity index (χ4v) is 2.34. The van der Waals surface area contributed by atoms with Crippen molar-refractivity contribution in [2.45, 2.75) is 51.1 Å². The highest BCUT2D eigenvalue weighted by Crippen LogP contribution is 2.21. The third-order valence-corrected chi connectivity index (χ3v) is 3.18. The molecule has 0 aliphatic carbocycles. The highest BCUT2D eigenvalue weighted by Gasteiger charge is 2.28. The van der Waals surface area contributed by atoms with Crippen LogP contribution >= 0.6 is 0 Å². The molecule has 0 radical (unpaired) electrons. The Morgan fingerprint density at radius 3 is 2.83 bits per heavy atom. The standard InChI is InChI=1S/C12H22N2O4/c1-9(8-11(16)17)13-12(18)14-6-2-4-10(14)5-3-7-15/h9-10,15H,2-8H2,1H3,(H,13,18)(H,16,17). The molecule has 0 bridgehead atoms. The van der Waals surface area contributed by atoms with E-state index in [9.17, 15) is 9.59 Å². The van der Waals surface area contributed by atoms with Gasteiger partial charge in [0.2, 0.25) is 0 Å². The van der Waals surface area contributed by atoms with Crippen LogP contribution in [0.3, 0.4) is 0 Å². The van der Waals surface area contributed by atoms with Crippen molar-refractivity contribution in [1.82, 2.24) is 10.2 Å². The van der Waals surface area contributed by atoms with E-state index in [1.54, 1.807) is 11.8 Å². The second-order valence-corrected chi connectivity index (χ2v) is 4.80. The van der Waals surface area contributed by atoms with Gasteiger partial charge >= 0.3 is 12.0 Å². The number of nitrogens with zero attached hydrogens (tertiary/aromatic N) is 1. The molecular weight excluding hydrogens is 236 g/mol. The second-order valence-electron chi connectivity index (χ2n) is 4.80. The summed E-state index contributed by atoms with van der Waals surface area (Å²) in [7, 11) is 0. The van der Waals surface area contributed by atoms with Crippen molar-refractivity contribution < 1.29 is 19.8 Å². The number of likely N-dealkylation sites (tertiary alicyclic amines) is 1. The number of amides is 2. The molecule has 0 spiro atoms. The van der Waals surface area contributed by atoms with Crippen LogP contribution in [0.4, 0.5) is 4.79 Å². The van der Waals surface area contributed by atoms with Crippen LogP contribution in [-0.2, 0) is 4.79 Å². The first-order valence-electron chi connectivity index (χ1n) is 6.44. The molecule has 3 N–H and O–H groups in total. The van der Waals surface area contributed by atoms with E-state index in [4.69, 9.17) is 10.2 Å². The lowest BCUT2D eigenvalue weighted by atomic mass is 10.1. The molecule has 1 heterocycles. The number of carboxylic acids is 1. The van der Waals surface area contributed by atoms with E-state index in [2.05, 4.69) is 5.32 Å².